The van der Waals surface area contributed by atoms with Crippen molar-refractivity contribution in [1.29, 1.82) is 0 Å². The van der Waals surface area contributed by atoms with Crippen molar-refractivity contribution in [2.75, 3.05) is 16.0 Å². The first kappa shape index (κ1) is 18.6. The quantitative estimate of drug-likeness (QED) is 0.733. The summed E-state index contributed by atoms with van der Waals surface area (Å²) >= 11 is 0. The summed E-state index contributed by atoms with van der Waals surface area (Å²) in [6.07, 6.45) is 1.37. The van der Waals surface area contributed by atoms with E-state index >= 15 is 0 Å². The summed E-state index contributed by atoms with van der Waals surface area (Å²) in [4.78, 5) is 36.0. The van der Waals surface area contributed by atoms with Gasteiger partial charge in [-0.2, -0.15) is 0 Å². The summed E-state index contributed by atoms with van der Waals surface area (Å²) in [5, 5.41) is 8.43. The highest BCUT2D eigenvalue weighted by atomic mass is 16.2. The van der Waals surface area contributed by atoms with Gasteiger partial charge in [0.05, 0.1) is 11.8 Å². The Hall–Kier alpha value is -3.15. The van der Waals surface area contributed by atoms with Gasteiger partial charge in [-0.25, -0.2) is 0 Å². The van der Waals surface area contributed by atoms with Gasteiger partial charge in [0.1, 0.15) is 0 Å². The van der Waals surface area contributed by atoms with E-state index < -0.39 is 0 Å². The number of rotatable bonds is 6. The molecule has 1 fully saturated rings. The van der Waals surface area contributed by atoms with Crippen molar-refractivity contribution in [3.63, 3.8) is 0 Å². The van der Waals surface area contributed by atoms with Crippen molar-refractivity contribution in [3.05, 3.63) is 54.1 Å². The summed E-state index contributed by atoms with van der Waals surface area (Å²) in [6, 6.07) is 14.6. The second kappa shape index (κ2) is 8.03. The third-order valence-electron chi connectivity index (χ3n) is 4.57. The molecule has 140 valence electrons. The molecule has 2 aromatic rings. The van der Waals surface area contributed by atoms with Crippen LogP contribution in [0.25, 0.3) is 0 Å². The maximum atomic E-state index is 12.4. The zero-order chi connectivity index (χ0) is 19.4. The topological polar surface area (TPSA) is 87.3 Å². The standard InChI is InChI=1S/C21H23N3O3/c1-3-14-7-4-5-10-19(14)24-21(27)18-12-17(18)20(26)23-16-9-6-8-15(11-16)22-13(2)25/h4-11,17-18H,3,12H2,1-2H3,(H,22,25)(H,23,26)(H,24,27). The molecule has 0 saturated heterocycles. The summed E-state index contributed by atoms with van der Waals surface area (Å²) in [5.74, 6) is -1.12. The van der Waals surface area contributed by atoms with E-state index in [1.54, 1.807) is 24.3 Å². The number of aryl methyl sites for hydroxylation is 1. The SMILES string of the molecule is CCc1ccccc1NC(=O)C1CC1C(=O)Nc1cccc(NC(C)=O)c1. The fraction of sp³-hybridized carbons (Fsp3) is 0.286. The van der Waals surface area contributed by atoms with Crippen LogP contribution in [-0.2, 0) is 20.8 Å². The second-order valence-corrected chi connectivity index (χ2v) is 6.70. The van der Waals surface area contributed by atoms with Crippen molar-refractivity contribution < 1.29 is 14.4 Å². The fourth-order valence-electron chi connectivity index (χ4n) is 3.06. The number of amides is 3. The Balaban J connectivity index is 1.57. The molecule has 0 bridgehead atoms. The van der Waals surface area contributed by atoms with E-state index in [4.69, 9.17) is 0 Å². The Labute approximate surface area is 158 Å². The lowest BCUT2D eigenvalue weighted by Crippen LogP contribution is -2.21. The predicted octanol–water partition coefficient (Wildman–Crippen LogP) is 3.42. The lowest BCUT2D eigenvalue weighted by Gasteiger charge is -2.10. The van der Waals surface area contributed by atoms with Gasteiger partial charge in [0.15, 0.2) is 0 Å². The molecule has 2 unspecified atom stereocenters. The highest BCUT2D eigenvalue weighted by molar-refractivity contribution is 6.03. The van der Waals surface area contributed by atoms with E-state index in [0.717, 1.165) is 17.7 Å². The number of hydrogen-bond acceptors (Lipinski definition) is 3. The van der Waals surface area contributed by atoms with Crippen LogP contribution < -0.4 is 16.0 Å². The van der Waals surface area contributed by atoms with E-state index in [1.165, 1.54) is 6.92 Å². The number of nitrogens with one attached hydrogen (secondary N) is 3. The van der Waals surface area contributed by atoms with Gasteiger partial charge in [0, 0.05) is 24.0 Å². The number of anilines is 3. The molecule has 1 aliphatic rings. The van der Waals surface area contributed by atoms with Gasteiger partial charge in [-0.05, 0) is 42.7 Å². The molecule has 6 heteroatoms. The number of carbonyl (C=O) groups is 3. The van der Waals surface area contributed by atoms with E-state index in [-0.39, 0.29) is 29.6 Å². The molecule has 2 atom stereocenters. The molecule has 3 amide bonds. The van der Waals surface area contributed by atoms with Crippen LogP contribution in [0.2, 0.25) is 0 Å². The first-order valence-corrected chi connectivity index (χ1v) is 9.05. The zero-order valence-electron chi connectivity index (χ0n) is 15.4. The minimum absolute atomic E-state index is 0.122. The van der Waals surface area contributed by atoms with E-state index in [9.17, 15) is 14.4 Å². The number of hydrogen-bond donors (Lipinski definition) is 3. The van der Waals surface area contributed by atoms with E-state index in [0.29, 0.717) is 17.8 Å². The Morgan fingerprint density at radius 2 is 1.52 bits per heavy atom. The van der Waals surface area contributed by atoms with E-state index in [1.807, 2.05) is 31.2 Å². The highest BCUT2D eigenvalue weighted by Gasteiger charge is 2.48. The third kappa shape index (κ3) is 4.73. The van der Waals surface area contributed by atoms with Crippen molar-refractivity contribution in [3.8, 4) is 0 Å². The van der Waals surface area contributed by atoms with Crippen LogP contribution in [-0.4, -0.2) is 17.7 Å². The zero-order valence-corrected chi connectivity index (χ0v) is 15.4. The lowest BCUT2D eigenvalue weighted by atomic mass is 10.1. The molecule has 27 heavy (non-hydrogen) atoms. The molecule has 0 radical (unpaired) electrons. The second-order valence-electron chi connectivity index (χ2n) is 6.70. The van der Waals surface area contributed by atoms with Crippen LogP contribution in [0.3, 0.4) is 0 Å². The van der Waals surface area contributed by atoms with Gasteiger partial charge in [0.2, 0.25) is 17.7 Å². The Kier molecular flexibility index (Phi) is 5.54. The molecule has 3 rings (SSSR count). The average Bonchev–Trinajstić information content (AvgIpc) is 3.43. The van der Waals surface area contributed by atoms with E-state index in [2.05, 4.69) is 16.0 Å². The number of benzene rings is 2. The molecular formula is C21H23N3O3. The molecule has 2 aromatic carbocycles. The van der Waals surface area contributed by atoms with Crippen LogP contribution >= 0.6 is 0 Å². The first-order chi connectivity index (χ1) is 13.0. The molecular weight excluding hydrogens is 342 g/mol. The highest BCUT2D eigenvalue weighted by Crippen LogP contribution is 2.40. The summed E-state index contributed by atoms with van der Waals surface area (Å²) in [7, 11) is 0. The molecule has 1 saturated carbocycles. The number of carbonyl (C=O) groups excluding carboxylic acids is 3. The van der Waals surface area contributed by atoms with Crippen molar-refractivity contribution >= 4 is 34.8 Å². The van der Waals surface area contributed by atoms with Gasteiger partial charge in [-0.1, -0.05) is 31.2 Å². The molecule has 0 aliphatic heterocycles. The Bertz CT molecular complexity index is 878. The number of para-hydroxylation sites is 1. The Morgan fingerprint density at radius 3 is 2.19 bits per heavy atom. The van der Waals surface area contributed by atoms with Crippen LogP contribution in [0.1, 0.15) is 25.8 Å². The summed E-state index contributed by atoms with van der Waals surface area (Å²) in [5.41, 5.74) is 3.08. The monoisotopic (exact) mass is 365 g/mol. The molecule has 0 spiro atoms. The average molecular weight is 365 g/mol. The first-order valence-electron chi connectivity index (χ1n) is 9.05. The molecule has 1 aliphatic carbocycles. The molecule has 6 nitrogen and oxygen atoms in total. The van der Waals surface area contributed by atoms with Crippen LogP contribution in [0, 0.1) is 11.8 Å². The van der Waals surface area contributed by atoms with Gasteiger partial charge in [-0.3, -0.25) is 14.4 Å². The van der Waals surface area contributed by atoms with Gasteiger partial charge < -0.3 is 16.0 Å². The molecule has 0 aromatic heterocycles. The summed E-state index contributed by atoms with van der Waals surface area (Å²) < 4.78 is 0. The van der Waals surface area contributed by atoms with Crippen molar-refractivity contribution in [2.24, 2.45) is 11.8 Å². The normalized spacial score (nSPS) is 17.7. The van der Waals surface area contributed by atoms with Gasteiger partial charge in [0.25, 0.3) is 0 Å². The van der Waals surface area contributed by atoms with Gasteiger partial charge >= 0.3 is 0 Å². The van der Waals surface area contributed by atoms with Crippen LogP contribution in [0.15, 0.2) is 48.5 Å². The molecule has 0 heterocycles. The van der Waals surface area contributed by atoms with Crippen LogP contribution in [0.5, 0.6) is 0 Å². The Morgan fingerprint density at radius 1 is 0.889 bits per heavy atom. The largest absolute Gasteiger partial charge is 0.326 e. The lowest BCUT2D eigenvalue weighted by molar-refractivity contribution is -0.122. The van der Waals surface area contributed by atoms with Crippen molar-refractivity contribution in [1.82, 2.24) is 0 Å². The minimum Gasteiger partial charge on any atom is -0.326 e. The van der Waals surface area contributed by atoms with Crippen molar-refractivity contribution in [2.45, 2.75) is 26.7 Å². The smallest absolute Gasteiger partial charge is 0.228 e. The van der Waals surface area contributed by atoms with Gasteiger partial charge in [-0.15, -0.1) is 0 Å². The maximum absolute atomic E-state index is 12.4. The predicted molar refractivity (Wildman–Crippen MR) is 105 cm³/mol. The fourth-order valence-corrected chi connectivity index (χ4v) is 3.06. The molecule has 3 N–H and O–H groups in total. The third-order valence-corrected chi connectivity index (χ3v) is 4.57. The summed E-state index contributed by atoms with van der Waals surface area (Å²) in [6.45, 7) is 3.46. The minimum atomic E-state index is -0.330. The maximum Gasteiger partial charge on any atom is 0.228 e. The van der Waals surface area contributed by atoms with Crippen LogP contribution in [0.4, 0.5) is 17.1 Å².